The van der Waals surface area contributed by atoms with Crippen LogP contribution >= 0.6 is 11.6 Å². The number of esters is 1. The molecule has 168 valence electrons. The minimum Gasteiger partial charge on any atom is -0.440 e. The molecule has 3 N–H and O–H groups in total. The van der Waals surface area contributed by atoms with Crippen LogP contribution < -0.4 is 11.1 Å². The van der Waals surface area contributed by atoms with Gasteiger partial charge in [-0.1, -0.05) is 37.8 Å². The zero-order valence-electron chi connectivity index (χ0n) is 17.7. The van der Waals surface area contributed by atoms with Crippen molar-refractivity contribution in [3.05, 3.63) is 40.4 Å². The summed E-state index contributed by atoms with van der Waals surface area (Å²) in [6, 6.07) is 3.90. The SMILES string of the molecule is CCN1C(OC(=O)C2CC3CCCC3C2)C(C(=O)Nc2ccc(F)c(Cl)c2)=C(N)N1C. The predicted molar refractivity (Wildman–Crippen MR) is 115 cm³/mol. The standard InChI is InChI=1S/C22H28ClFN4O3/c1-3-28-21(31-22(30)14-9-12-5-4-6-13(12)10-14)18(19(25)27(28)2)20(29)26-15-7-8-17(24)16(23)11-15/h7-8,11-14,21H,3-6,9-10,25H2,1-2H3,(H,26,29). The number of hydrazine groups is 1. The molecule has 1 aliphatic heterocycles. The van der Waals surface area contributed by atoms with E-state index in [9.17, 15) is 14.0 Å². The van der Waals surface area contributed by atoms with Gasteiger partial charge in [-0.3, -0.25) is 14.6 Å². The zero-order chi connectivity index (χ0) is 22.3. The van der Waals surface area contributed by atoms with E-state index in [4.69, 9.17) is 22.1 Å². The summed E-state index contributed by atoms with van der Waals surface area (Å²) in [7, 11) is 1.72. The number of rotatable bonds is 5. The van der Waals surface area contributed by atoms with Crippen molar-refractivity contribution in [2.45, 2.75) is 45.3 Å². The number of nitrogens with zero attached hydrogens (tertiary/aromatic N) is 2. The summed E-state index contributed by atoms with van der Waals surface area (Å²) in [6.07, 6.45) is 4.40. The minimum atomic E-state index is -0.918. The van der Waals surface area contributed by atoms with Crippen molar-refractivity contribution >= 4 is 29.2 Å². The van der Waals surface area contributed by atoms with Crippen LogP contribution in [0.3, 0.4) is 0 Å². The lowest BCUT2D eigenvalue weighted by molar-refractivity contribution is -0.169. The first-order chi connectivity index (χ1) is 14.8. The number of halogens is 2. The van der Waals surface area contributed by atoms with Crippen molar-refractivity contribution in [3.63, 3.8) is 0 Å². The fourth-order valence-electron chi connectivity index (χ4n) is 5.20. The Bertz CT molecular complexity index is 912. The Morgan fingerprint density at radius 1 is 1.29 bits per heavy atom. The smallest absolute Gasteiger partial charge is 0.310 e. The van der Waals surface area contributed by atoms with Gasteiger partial charge < -0.3 is 15.8 Å². The van der Waals surface area contributed by atoms with E-state index in [-0.39, 0.29) is 28.3 Å². The van der Waals surface area contributed by atoms with E-state index in [1.165, 1.54) is 37.5 Å². The van der Waals surface area contributed by atoms with Gasteiger partial charge in [0.15, 0.2) is 0 Å². The van der Waals surface area contributed by atoms with Crippen LogP contribution in [0.5, 0.6) is 0 Å². The molecule has 1 amide bonds. The number of fused-ring (bicyclic) bond motifs is 1. The monoisotopic (exact) mass is 450 g/mol. The van der Waals surface area contributed by atoms with Gasteiger partial charge in [0.1, 0.15) is 17.2 Å². The molecular formula is C22H28ClFN4O3. The number of nitrogens with two attached hydrogens (primary N) is 1. The molecule has 0 bridgehead atoms. The average Bonchev–Trinajstić information content (AvgIpc) is 3.38. The Morgan fingerprint density at radius 2 is 1.97 bits per heavy atom. The Morgan fingerprint density at radius 3 is 2.58 bits per heavy atom. The van der Waals surface area contributed by atoms with E-state index in [1.807, 2.05) is 6.92 Å². The molecular weight excluding hydrogens is 423 g/mol. The van der Waals surface area contributed by atoms with Gasteiger partial charge in [-0.25, -0.2) is 4.39 Å². The summed E-state index contributed by atoms with van der Waals surface area (Å²) >= 11 is 5.82. The van der Waals surface area contributed by atoms with E-state index in [1.54, 1.807) is 17.1 Å². The van der Waals surface area contributed by atoms with E-state index < -0.39 is 18.0 Å². The molecule has 3 aliphatic rings. The third-order valence-corrected chi connectivity index (χ3v) is 7.12. The minimum absolute atomic E-state index is 0.103. The summed E-state index contributed by atoms with van der Waals surface area (Å²) < 4.78 is 19.3. The van der Waals surface area contributed by atoms with Crippen LogP contribution in [0.25, 0.3) is 0 Å². The second-order valence-corrected chi connectivity index (χ2v) is 8.98. The number of amides is 1. The molecule has 0 aromatic heterocycles. The number of carbonyl (C=O) groups excluding carboxylic acids is 2. The highest BCUT2D eigenvalue weighted by molar-refractivity contribution is 6.31. The van der Waals surface area contributed by atoms with Gasteiger partial charge in [0.05, 0.1) is 10.9 Å². The molecule has 31 heavy (non-hydrogen) atoms. The number of carbonyl (C=O) groups is 2. The quantitative estimate of drug-likeness (QED) is 0.668. The predicted octanol–water partition coefficient (Wildman–Crippen LogP) is 3.47. The maximum absolute atomic E-state index is 13.4. The molecule has 1 aromatic rings. The Hall–Kier alpha value is -2.32. The van der Waals surface area contributed by atoms with Crippen molar-refractivity contribution in [2.24, 2.45) is 23.5 Å². The summed E-state index contributed by atoms with van der Waals surface area (Å²) in [5.74, 6) is -0.102. The summed E-state index contributed by atoms with van der Waals surface area (Å²) in [4.78, 5) is 26.1. The Kier molecular flexibility index (Phi) is 6.12. The maximum Gasteiger partial charge on any atom is 0.310 e. The number of ether oxygens (including phenoxy) is 1. The highest BCUT2D eigenvalue weighted by Crippen LogP contribution is 2.47. The number of hydrogen-bond acceptors (Lipinski definition) is 6. The van der Waals surface area contributed by atoms with Crippen LogP contribution in [0.2, 0.25) is 5.02 Å². The lowest BCUT2D eigenvalue weighted by Crippen LogP contribution is -2.44. The average molecular weight is 451 g/mol. The molecule has 0 saturated heterocycles. The summed E-state index contributed by atoms with van der Waals surface area (Å²) in [5.41, 5.74) is 6.69. The van der Waals surface area contributed by atoms with Crippen molar-refractivity contribution < 1.29 is 18.7 Å². The number of likely N-dealkylation sites (N-methyl/N-ethyl adjacent to an activating group) is 1. The first-order valence-corrected chi connectivity index (χ1v) is 11.1. The second kappa shape index (κ2) is 8.67. The molecule has 2 saturated carbocycles. The van der Waals surface area contributed by atoms with Crippen LogP contribution in [0, 0.1) is 23.6 Å². The summed E-state index contributed by atoms with van der Waals surface area (Å²) in [6.45, 7) is 2.38. The zero-order valence-corrected chi connectivity index (χ0v) is 18.5. The van der Waals surface area contributed by atoms with Gasteiger partial charge >= 0.3 is 5.97 Å². The molecule has 1 heterocycles. The van der Waals surface area contributed by atoms with Gasteiger partial charge in [-0.15, -0.1) is 0 Å². The third-order valence-electron chi connectivity index (χ3n) is 6.83. The van der Waals surface area contributed by atoms with Crippen molar-refractivity contribution in [2.75, 3.05) is 18.9 Å². The van der Waals surface area contributed by atoms with E-state index in [0.717, 1.165) is 12.8 Å². The maximum atomic E-state index is 13.4. The Labute approximate surface area is 186 Å². The van der Waals surface area contributed by atoms with Gasteiger partial charge in [-0.2, -0.15) is 5.01 Å². The van der Waals surface area contributed by atoms with E-state index in [2.05, 4.69) is 5.32 Å². The first kappa shape index (κ1) is 21.9. The number of benzene rings is 1. The molecule has 2 aliphatic carbocycles. The highest BCUT2D eigenvalue weighted by Gasteiger charge is 2.45. The normalized spacial score (nSPS) is 28.2. The molecule has 3 atom stereocenters. The van der Waals surface area contributed by atoms with E-state index >= 15 is 0 Å². The van der Waals surface area contributed by atoms with Crippen LogP contribution in [-0.2, 0) is 14.3 Å². The third kappa shape index (κ3) is 4.11. The molecule has 0 radical (unpaired) electrons. The van der Waals surface area contributed by atoms with Crippen LogP contribution in [0.4, 0.5) is 10.1 Å². The lowest BCUT2D eigenvalue weighted by atomic mass is 10.0. The number of hydrogen-bond donors (Lipinski definition) is 2. The molecule has 4 rings (SSSR count). The molecule has 0 spiro atoms. The van der Waals surface area contributed by atoms with Gasteiger partial charge in [0.25, 0.3) is 5.91 Å². The number of nitrogens with one attached hydrogen (secondary N) is 1. The van der Waals surface area contributed by atoms with Crippen molar-refractivity contribution in [3.8, 4) is 0 Å². The van der Waals surface area contributed by atoms with Crippen LogP contribution in [0.15, 0.2) is 29.6 Å². The fraction of sp³-hybridized carbons (Fsp3) is 0.545. The molecule has 2 fully saturated rings. The van der Waals surface area contributed by atoms with E-state index in [0.29, 0.717) is 24.1 Å². The molecule has 3 unspecified atom stereocenters. The van der Waals surface area contributed by atoms with Gasteiger partial charge in [0.2, 0.25) is 6.23 Å². The van der Waals surface area contributed by atoms with Crippen molar-refractivity contribution in [1.29, 1.82) is 0 Å². The first-order valence-electron chi connectivity index (χ1n) is 10.8. The van der Waals surface area contributed by atoms with Gasteiger partial charge in [0, 0.05) is 19.3 Å². The molecule has 1 aromatic carbocycles. The second-order valence-electron chi connectivity index (χ2n) is 8.57. The lowest BCUT2D eigenvalue weighted by Gasteiger charge is -2.30. The summed E-state index contributed by atoms with van der Waals surface area (Å²) in [5, 5.41) is 5.93. The molecule has 7 nitrogen and oxygen atoms in total. The topological polar surface area (TPSA) is 87.9 Å². The highest BCUT2D eigenvalue weighted by atomic mass is 35.5. The van der Waals surface area contributed by atoms with Crippen molar-refractivity contribution in [1.82, 2.24) is 10.0 Å². The van der Waals surface area contributed by atoms with Crippen LogP contribution in [-0.4, -0.2) is 41.7 Å². The largest absolute Gasteiger partial charge is 0.440 e. The Balaban J connectivity index is 1.52. The fourth-order valence-corrected chi connectivity index (χ4v) is 5.38. The van der Waals surface area contributed by atoms with Gasteiger partial charge in [-0.05, 0) is 42.9 Å². The van der Waals surface area contributed by atoms with Crippen LogP contribution in [0.1, 0.15) is 39.0 Å². The number of anilines is 1. The molecule has 9 heteroatoms.